The summed E-state index contributed by atoms with van der Waals surface area (Å²) in [6.45, 7) is 0. The number of hydrogen-bond donors (Lipinski definition) is 0. The quantitative estimate of drug-likeness (QED) is 0.488. The largest absolute Gasteiger partial charge is 0.493 e. The normalized spacial score (nSPS) is 9.90. The van der Waals surface area contributed by atoms with Gasteiger partial charge in [-0.2, -0.15) is 0 Å². The van der Waals surface area contributed by atoms with Crippen molar-refractivity contribution in [1.29, 1.82) is 0 Å². The predicted octanol–water partition coefficient (Wildman–Crippen LogP) is 3.49. The van der Waals surface area contributed by atoms with E-state index >= 15 is 0 Å². The van der Waals surface area contributed by atoms with Gasteiger partial charge in [-0.15, -0.1) is 0 Å². The summed E-state index contributed by atoms with van der Waals surface area (Å²) in [4.78, 5) is 22.8. The van der Waals surface area contributed by atoms with Crippen LogP contribution < -0.4 is 9.47 Å². The molecule has 0 atom stereocenters. The van der Waals surface area contributed by atoms with Gasteiger partial charge in [0.05, 0.1) is 12.7 Å². The summed E-state index contributed by atoms with van der Waals surface area (Å²) in [5, 5.41) is 0. The molecule has 102 valence electrons. The van der Waals surface area contributed by atoms with Crippen LogP contribution in [0.3, 0.4) is 0 Å². The first kappa shape index (κ1) is 14.3. The SMILES string of the molecule is COc1cc(C=O)ccc1OC(=O)c1ccccc1Br. The molecule has 0 radical (unpaired) electrons. The van der Waals surface area contributed by atoms with Crippen molar-refractivity contribution in [2.45, 2.75) is 0 Å². The van der Waals surface area contributed by atoms with Crippen molar-refractivity contribution in [3.05, 3.63) is 58.1 Å². The smallest absolute Gasteiger partial charge is 0.344 e. The Morgan fingerprint density at radius 2 is 1.90 bits per heavy atom. The van der Waals surface area contributed by atoms with E-state index in [4.69, 9.17) is 9.47 Å². The minimum absolute atomic E-state index is 0.263. The van der Waals surface area contributed by atoms with Crippen molar-refractivity contribution >= 4 is 28.2 Å². The highest BCUT2D eigenvalue weighted by molar-refractivity contribution is 9.10. The fourth-order valence-electron chi connectivity index (χ4n) is 1.62. The zero-order valence-corrected chi connectivity index (χ0v) is 12.2. The maximum absolute atomic E-state index is 12.1. The molecule has 2 aromatic carbocycles. The highest BCUT2D eigenvalue weighted by atomic mass is 79.9. The van der Waals surface area contributed by atoms with Crippen LogP contribution in [0.2, 0.25) is 0 Å². The Bertz CT molecular complexity index is 652. The van der Waals surface area contributed by atoms with Crippen LogP contribution in [0, 0.1) is 0 Å². The second-order valence-corrected chi connectivity index (χ2v) is 4.75. The van der Waals surface area contributed by atoms with Crippen LogP contribution in [-0.4, -0.2) is 19.4 Å². The Kier molecular flexibility index (Phi) is 4.53. The molecule has 4 nitrogen and oxygen atoms in total. The van der Waals surface area contributed by atoms with Crippen molar-refractivity contribution in [3.63, 3.8) is 0 Å². The Morgan fingerprint density at radius 1 is 1.15 bits per heavy atom. The number of hydrogen-bond acceptors (Lipinski definition) is 4. The molecule has 0 aliphatic rings. The van der Waals surface area contributed by atoms with E-state index in [-0.39, 0.29) is 5.75 Å². The Morgan fingerprint density at radius 3 is 2.55 bits per heavy atom. The number of benzene rings is 2. The van der Waals surface area contributed by atoms with Crippen molar-refractivity contribution in [2.75, 3.05) is 7.11 Å². The summed E-state index contributed by atoms with van der Waals surface area (Å²) >= 11 is 3.29. The van der Waals surface area contributed by atoms with Crippen molar-refractivity contribution < 1.29 is 19.1 Å². The van der Waals surface area contributed by atoms with Crippen LogP contribution in [0.25, 0.3) is 0 Å². The molecular formula is C15H11BrO4. The molecule has 0 aromatic heterocycles. The molecule has 0 aliphatic heterocycles. The second kappa shape index (κ2) is 6.34. The van der Waals surface area contributed by atoms with E-state index < -0.39 is 5.97 Å². The van der Waals surface area contributed by atoms with E-state index in [0.29, 0.717) is 27.6 Å². The molecule has 0 amide bonds. The van der Waals surface area contributed by atoms with E-state index in [1.54, 1.807) is 30.3 Å². The van der Waals surface area contributed by atoms with Gasteiger partial charge < -0.3 is 9.47 Å². The summed E-state index contributed by atoms with van der Waals surface area (Å²) in [6.07, 6.45) is 0.696. The maximum atomic E-state index is 12.1. The molecular weight excluding hydrogens is 324 g/mol. The highest BCUT2D eigenvalue weighted by Gasteiger charge is 2.15. The van der Waals surface area contributed by atoms with Gasteiger partial charge in [0.15, 0.2) is 11.5 Å². The molecule has 0 heterocycles. The Labute approximate surface area is 124 Å². The van der Waals surface area contributed by atoms with Crippen molar-refractivity contribution in [3.8, 4) is 11.5 Å². The van der Waals surface area contributed by atoms with Gasteiger partial charge in [-0.05, 0) is 46.3 Å². The minimum Gasteiger partial charge on any atom is -0.493 e. The fraction of sp³-hybridized carbons (Fsp3) is 0.0667. The number of esters is 1. The predicted molar refractivity (Wildman–Crippen MR) is 77.5 cm³/mol. The van der Waals surface area contributed by atoms with Gasteiger partial charge in [0.2, 0.25) is 0 Å². The van der Waals surface area contributed by atoms with E-state index in [9.17, 15) is 9.59 Å². The third-order valence-electron chi connectivity index (χ3n) is 2.62. The molecule has 0 N–H and O–H groups in total. The van der Waals surface area contributed by atoms with Gasteiger partial charge in [0.25, 0.3) is 0 Å². The zero-order chi connectivity index (χ0) is 14.5. The average Bonchev–Trinajstić information content (AvgIpc) is 2.48. The lowest BCUT2D eigenvalue weighted by Gasteiger charge is -2.10. The monoisotopic (exact) mass is 334 g/mol. The zero-order valence-electron chi connectivity index (χ0n) is 10.6. The standard InChI is InChI=1S/C15H11BrO4/c1-19-14-8-10(9-17)6-7-13(14)20-15(18)11-4-2-3-5-12(11)16/h2-9H,1H3. The van der Waals surface area contributed by atoms with Crippen LogP contribution in [0.4, 0.5) is 0 Å². The summed E-state index contributed by atoms with van der Waals surface area (Å²) in [5.74, 6) is 0.0866. The van der Waals surface area contributed by atoms with Crippen molar-refractivity contribution in [1.82, 2.24) is 0 Å². The van der Waals surface area contributed by atoms with Gasteiger partial charge in [-0.3, -0.25) is 4.79 Å². The molecule has 5 heteroatoms. The van der Waals surface area contributed by atoms with Gasteiger partial charge in [0, 0.05) is 10.0 Å². The van der Waals surface area contributed by atoms with Crippen LogP contribution >= 0.6 is 15.9 Å². The number of carbonyl (C=O) groups excluding carboxylic acids is 2. The molecule has 2 rings (SSSR count). The number of rotatable bonds is 4. The molecule has 0 bridgehead atoms. The summed E-state index contributed by atoms with van der Waals surface area (Å²) in [6, 6.07) is 11.5. The van der Waals surface area contributed by atoms with E-state index in [2.05, 4.69) is 15.9 Å². The Hall–Kier alpha value is -2.14. The fourth-order valence-corrected chi connectivity index (χ4v) is 2.07. The summed E-state index contributed by atoms with van der Waals surface area (Å²) in [7, 11) is 1.44. The first-order chi connectivity index (χ1) is 9.65. The van der Waals surface area contributed by atoms with Crippen LogP contribution in [-0.2, 0) is 0 Å². The van der Waals surface area contributed by atoms with Crippen LogP contribution in [0.5, 0.6) is 11.5 Å². The first-order valence-corrected chi connectivity index (χ1v) is 6.55. The minimum atomic E-state index is -0.505. The van der Waals surface area contributed by atoms with Crippen molar-refractivity contribution in [2.24, 2.45) is 0 Å². The third-order valence-corrected chi connectivity index (χ3v) is 3.31. The third kappa shape index (κ3) is 3.05. The van der Waals surface area contributed by atoms with E-state index in [0.717, 1.165) is 0 Å². The molecule has 0 saturated carbocycles. The first-order valence-electron chi connectivity index (χ1n) is 5.75. The maximum Gasteiger partial charge on any atom is 0.344 e. The molecule has 0 unspecified atom stereocenters. The van der Waals surface area contributed by atoms with Crippen LogP contribution in [0.1, 0.15) is 20.7 Å². The summed E-state index contributed by atoms with van der Waals surface area (Å²) < 4.78 is 11.0. The van der Waals surface area contributed by atoms with Gasteiger partial charge in [-0.1, -0.05) is 12.1 Å². The van der Waals surface area contributed by atoms with Gasteiger partial charge >= 0.3 is 5.97 Å². The number of aldehydes is 1. The van der Waals surface area contributed by atoms with E-state index in [1.807, 2.05) is 0 Å². The average molecular weight is 335 g/mol. The lowest BCUT2D eigenvalue weighted by molar-refractivity contribution is 0.0728. The Balaban J connectivity index is 2.28. The summed E-state index contributed by atoms with van der Waals surface area (Å²) in [5.41, 5.74) is 0.858. The molecule has 0 saturated heterocycles. The van der Waals surface area contributed by atoms with Gasteiger partial charge in [0.1, 0.15) is 6.29 Å². The molecule has 0 aliphatic carbocycles. The van der Waals surface area contributed by atoms with Gasteiger partial charge in [-0.25, -0.2) is 4.79 Å². The lowest BCUT2D eigenvalue weighted by atomic mass is 10.2. The molecule has 2 aromatic rings. The molecule has 0 fully saturated rings. The lowest BCUT2D eigenvalue weighted by Crippen LogP contribution is -2.10. The highest BCUT2D eigenvalue weighted by Crippen LogP contribution is 2.29. The second-order valence-electron chi connectivity index (χ2n) is 3.90. The molecule has 20 heavy (non-hydrogen) atoms. The number of ether oxygens (including phenoxy) is 2. The van der Waals surface area contributed by atoms with E-state index in [1.165, 1.54) is 19.2 Å². The number of carbonyl (C=O) groups is 2. The van der Waals surface area contributed by atoms with Crippen LogP contribution in [0.15, 0.2) is 46.9 Å². The number of methoxy groups -OCH3 is 1. The topological polar surface area (TPSA) is 52.6 Å². The number of halogens is 1. The molecule has 0 spiro atoms.